The van der Waals surface area contributed by atoms with E-state index in [1.165, 1.54) is 36.6 Å². The van der Waals surface area contributed by atoms with Crippen molar-refractivity contribution in [2.45, 2.75) is 31.6 Å². The fourth-order valence-electron chi connectivity index (χ4n) is 2.74. The number of hydrogen-bond acceptors (Lipinski definition) is 4. The Kier molecular flexibility index (Phi) is 3.74. The summed E-state index contributed by atoms with van der Waals surface area (Å²) in [7, 11) is 0. The largest absolute Gasteiger partial charge is 0.381 e. The Bertz CT molecular complexity index is 354. The predicted molar refractivity (Wildman–Crippen MR) is 69.6 cm³/mol. The highest BCUT2D eigenvalue weighted by molar-refractivity contribution is 7.09. The molecule has 1 unspecified atom stereocenters. The third kappa shape index (κ3) is 2.87. The van der Waals surface area contributed by atoms with Crippen LogP contribution in [0.5, 0.6) is 0 Å². The van der Waals surface area contributed by atoms with Crippen molar-refractivity contribution in [1.82, 2.24) is 10.3 Å². The van der Waals surface area contributed by atoms with Crippen molar-refractivity contribution in [2.75, 3.05) is 26.3 Å². The summed E-state index contributed by atoms with van der Waals surface area (Å²) >= 11 is 1.85. The second-order valence-electron chi connectivity index (χ2n) is 5.12. The van der Waals surface area contributed by atoms with Crippen molar-refractivity contribution in [3.63, 3.8) is 0 Å². The van der Waals surface area contributed by atoms with Gasteiger partial charge in [0.1, 0.15) is 0 Å². The highest BCUT2D eigenvalue weighted by Gasteiger charge is 2.20. The molecule has 0 spiro atoms. The number of nitrogens with zero attached hydrogens (tertiary/aromatic N) is 1. The normalized spacial score (nSPS) is 26.5. The minimum atomic E-state index is 0.649. The van der Waals surface area contributed by atoms with E-state index in [9.17, 15) is 0 Å². The van der Waals surface area contributed by atoms with Gasteiger partial charge in [-0.1, -0.05) is 0 Å². The Balaban J connectivity index is 1.60. The first-order valence-corrected chi connectivity index (χ1v) is 7.52. The molecule has 4 heteroatoms. The summed E-state index contributed by atoms with van der Waals surface area (Å²) in [5.74, 6) is 1.46. The van der Waals surface area contributed by atoms with Gasteiger partial charge in [-0.25, -0.2) is 4.98 Å². The molecule has 2 aliphatic rings. The van der Waals surface area contributed by atoms with Crippen LogP contribution in [0.1, 0.15) is 35.9 Å². The van der Waals surface area contributed by atoms with E-state index in [-0.39, 0.29) is 0 Å². The quantitative estimate of drug-likeness (QED) is 0.895. The van der Waals surface area contributed by atoms with Gasteiger partial charge in [0.2, 0.25) is 0 Å². The average molecular weight is 252 g/mol. The zero-order valence-corrected chi connectivity index (χ0v) is 11.0. The smallest absolute Gasteiger partial charge is 0.0931 e. The first-order chi connectivity index (χ1) is 8.42. The van der Waals surface area contributed by atoms with Crippen LogP contribution in [0.25, 0.3) is 0 Å². The highest BCUT2D eigenvalue weighted by atomic mass is 32.1. The van der Waals surface area contributed by atoms with E-state index in [4.69, 9.17) is 9.72 Å². The molecule has 1 aromatic rings. The second kappa shape index (κ2) is 5.46. The maximum Gasteiger partial charge on any atom is 0.0931 e. The van der Waals surface area contributed by atoms with Crippen LogP contribution in [0.3, 0.4) is 0 Å². The third-order valence-corrected chi connectivity index (χ3v) is 4.72. The topological polar surface area (TPSA) is 34.2 Å². The van der Waals surface area contributed by atoms with Gasteiger partial charge in [0.05, 0.1) is 10.7 Å². The Morgan fingerprint density at radius 2 is 2.24 bits per heavy atom. The second-order valence-corrected chi connectivity index (χ2v) is 6.06. The Morgan fingerprint density at radius 1 is 1.35 bits per heavy atom. The van der Waals surface area contributed by atoms with Gasteiger partial charge in [0.15, 0.2) is 0 Å². The average Bonchev–Trinajstić information content (AvgIpc) is 3.02. The maximum atomic E-state index is 5.40. The molecule has 1 N–H and O–H groups in total. The maximum absolute atomic E-state index is 5.40. The minimum absolute atomic E-state index is 0.649. The van der Waals surface area contributed by atoms with Crippen LogP contribution >= 0.6 is 11.3 Å². The molecule has 3 heterocycles. The molecule has 17 heavy (non-hydrogen) atoms. The molecule has 3 rings (SSSR count). The van der Waals surface area contributed by atoms with E-state index in [1.54, 1.807) is 0 Å². The summed E-state index contributed by atoms with van der Waals surface area (Å²) in [6, 6.07) is 0. The van der Waals surface area contributed by atoms with Crippen LogP contribution in [0.4, 0.5) is 0 Å². The molecule has 0 saturated carbocycles. The lowest BCUT2D eigenvalue weighted by Gasteiger charge is -2.20. The molecule has 0 aromatic carbocycles. The number of ether oxygens (including phenoxy) is 1. The van der Waals surface area contributed by atoms with Crippen molar-refractivity contribution in [3.8, 4) is 0 Å². The third-order valence-electron chi connectivity index (χ3n) is 3.83. The van der Waals surface area contributed by atoms with Gasteiger partial charge in [0.25, 0.3) is 0 Å². The van der Waals surface area contributed by atoms with E-state index in [0.717, 1.165) is 32.0 Å². The highest BCUT2D eigenvalue weighted by Crippen LogP contribution is 2.29. The summed E-state index contributed by atoms with van der Waals surface area (Å²) in [6.07, 6.45) is 4.77. The number of hydrogen-bond donors (Lipinski definition) is 1. The van der Waals surface area contributed by atoms with Crippen LogP contribution in [0.2, 0.25) is 0 Å². The monoisotopic (exact) mass is 252 g/mol. The zero-order valence-electron chi connectivity index (χ0n) is 10.2. The molecule has 2 fully saturated rings. The van der Waals surface area contributed by atoms with E-state index in [1.807, 2.05) is 11.3 Å². The van der Waals surface area contributed by atoms with Gasteiger partial charge in [-0.3, -0.25) is 0 Å². The van der Waals surface area contributed by atoms with Gasteiger partial charge >= 0.3 is 0 Å². The SMILES string of the molecule is c1sc(CC2CCNC2)nc1C1CCOCC1. The van der Waals surface area contributed by atoms with Gasteiger partial charge in [-0.2, -0.15) is 0 Å². The number of nitrogens with one attached hydrogen (secondary N) is 1. The van der Waals surface area contributed by atoms with Crippen LogP contribution in [0, 0.1) is 5.92 Å². The number of thiazole rings is 1. The van der Waals surface area contributed by atoms with Gasteiger partial charge in [0, 0.05) is 30.9 Å². The van der Waals surface area contributed by atoms with Crippen LogP contribution in [-0.2, 0) is 11.2 Å². The summed E-state index contributed by atoms with van der Waals surface area (Å²) in [4.78, 5) is 4.83. The summed E-state index contributed by atoms with van der Waals surface area (Å²) in [5, 5.41) is 7.03. The Morgan fingerprint density at radius 3 is 3.00 bits per heavy atom. The lowest BCUT2D eigenvalue weighted by molar-refractivity contribution is 0.0846. The lowest BCUT2D eigenvalue weighted by atomic mass is 9.97. The lowest BCUT2D eigenvalue weighted by Crippen LogP contribution is -2.14. The van der Waals surface area contributed by atoms with E-state index >= 15 is 0 Å². The van der Waals surface area contributed by atoms with E-state index in [0.29, 0.717) is 5.92 Å². The molecule has 1 atom stereocenters. The molecule has 1 aromatic heterocycles. The standard InChI is InChI=1S/C13H20N2OS/c1-4-14-8-10(1)7-13-15-12(9-17-13)11-2-5-16-6-3-11/h9-11,14H,1-8H2. The van der Waals surface area contributed by atoms with Crippen molar-refractivity contribution in [2.24, 2.45) is 5.92 Å². The van der Waals surface area contributed by atoms with Crippen molar-refractivity contribution < 1.29 is 4.74 Å². The first-order valence-electron chi connectivity index (χ1n) is 6.64. The van der Waals surface area contributed by atoms with Gasteiger partial charge < -0.3 is 10.1 Å². The minimum Gasteiger partial charge on any atom is -0.381 e. The molecule has 0 aliphatic carbocycles. The number of rotatable bonds is 3. The predicted octanol–water partition coefficient (Wildman–Crippen LogP) is 2.19. The molecule has 0 bridgehead atoms. The molecule has 3 nitrogen and oxygen atoms in total. The molecular formula is C13H20N2OS. The summed E-state index contributed by atoms with van der Waals surface area (Å²) in [5.41, 5.74) is 1.32. The molecule has 94 valence electrons. The van der Waals surface area contributed by atoms with Crippen LogP contribution in [0.15, 0.2) is 5.38 Å². The molecule has 2 saturated heterocycles. The Hall–Kier alpha value is -0.450. The Labute approximate surface area is 107 Å². The summed E-state index contributed by atoms with van der Waals surface area (Å²) in [6.45, 7) is 4.17. The molecule has 0 radical (unpaired) electrons. The fraction of sp³-hybridized carbons (Fsp3) is 0.769. The van der Waals surface area contributed by atoms with Crippen LogP contribution < -0.4 is 5.32 Å². The van der Waals surface area contributed by atoms with Gasteiger partial charge in [-0.05, 0) is 38.3 Å². The van der Waals surface area contributed by atoms with Crippen LogP contribution in [-0.4, -0.2) is 31.3 Å². The molecule has 0 amide bonds. The fourth-order valence-corrected chi connectivity index (χ4v) is 3.73. The first kappa shape index (κ1) is 11.6. The summed E-state index contributed by atoms with van der Waals surface area (Å²) < 4.78 is 5.40. The van der Waals surface area contributed by atoms with Gasteiger partial charge in [-0.15, -0.1) is 11.3 Å². The van der Waals surface area contributed by atoms with Crippen molar-refractivity contribution in [3.05, 3.63) is 16.1 Å². The molecular weight excluding hydrogens is 232 g/mol. The van der Waals surface area contributed by atoms with E-state index < -0.39 is 0 Å². The van der Waals surface area contributed by atoms with E-state index in [2.05, 4.69) is 10.7 Å². The zero-order chi connectivity index (χ0) is 11.5. The molecule has 2 aliphatic heterocycles. The number of aromatic nitrogens is 1. The van der Waals surface area contributed by atoms with Crippen molar-refractivity contribution >= 4 is 11.3 Å². The van der Waals surface area contributed by atoms with Crippen molar-refractivity contribution in [1.29, 1.82) is 0 Å².